The van der Waals surface area contributed by atoms with Gasteiger partial charge in [0.1, 0.15) is 0 Å². The molecule has 86 valence electrons. The van der Waals surface area contributed by atoms with Crippen LogP contribution in [0.2, 0.25) is 0 Å². The smallest absolute Gasteiger partial charge is 0.0606 e. The maximum absolute atomic E-state index is 8.89. The molecular formula is C11H19ClN2O. The molecule has 15 heavy (non-hydrogen) atoms. The van der Waals surface area contributed by atoms with E-state index in [-0.39, 0.29) is 19.0 Å². The zero-order chi connectivity index (χ0) is 10.6. The van der Waals surface area contributed by atoms with Gasteiger partial charge in [0.15, 0.2) is 0 Å². The van der Waals surface area contributed by atoms with Crippen molar-refractivity contribution < 1.29 is 5.11 Å². The summed E-state index contributed by atoms with van der Waals surface area (Å²) in [5.74, 6) is 0. The summed E-state index contributed by atoms with van der Waals surface area (Å²) in [7, 11) is 0. The number of hydrogen-bond donors (Lipinski definition) is 2. The first-order valence-corrected chi connectivity index (χ1v) is 4.91. The first-order chi connectivity index (χ1) is 6.69. The number of aliphatic hydroxyl groups excluding tert-OH is 1. The van der Waals surface area contributed by atoms with Crippen molar-refractivity contribution in [2.24, 2.45) is 0 Å². The lowest BCUT2D eigenvalue weighted by molar-refractivity contribution is 0.302. The third kappa shape index (κ3) is 3.61. The Kier molecular flexibility index (Phi) is 6.13. The van der Waals surface area contributed by atoms with Crippen LogP contribution < -0.4 is 10.6 Å². The average Bonchev–Trinajstić information content (AvgIpc) is 2.19. The fourth-order valence-electron chi connectivity index (χ4n) is 1.45. The molecule has 0 heterocycles. The minimum absolute atomic E-state index is 0. The summed E-state index contributed by atoms with van der Waals surface area (Å²) in [5.41, 5.74) is 8.75. The lowest BCUT2D eigenvalue weighted by atomic mass is 10.1. The van der Waals surface area contributed by atoms with Crippen LogP contribution in [0, 0.1) is 6.92 Å². The number of likely N-dealkylation sites (N-methyl/N-ethyl adjacent to an activating group) is 1. The highest BCUT2D eigenvalue weighted by molar-refractivity contribution is 5.85. The maximum Gasteiger partial charge on any atom is 0.0606 e. The monoisotopic (exact) mass is 230 g/mol. The number of rotatable bonds is 4. The molecule has 1 rings (SSSR count). The van der Waals surface area contributed by atoms with Gasteiger partial charge in [-0.1, -0.05) is 0 Å². The Morgan fingerprint density at radius 3 is 2.53 bits per heavy atom. The van der Waals surface area contributed by atoms with E-state index in [0.717, 1.165) is 23.5 Å². The maximum atomic E-state index is 8.89. The minimum atomic E-state index is 0. The molecule has 0 aromatic heterocycles. The van der Waals surface area contributed by atoms with Crippen LogP contribution in [-0.2, 0) is 0 Å². The normalized spacial score (nSPS) is 9.53. The van der Waals surface area contributed by atoms with E-state index in [1.807, 2.05) is 19.1 Å². The van der Waals surface area contributed by atoms with Crippen molar-refractivity contribution in [3.05, 3.63) is 23.8 Å². The van der Waals surface area contributed by atoms with Gasteiger partial charge in [-0.2, -0.15) is 0 Å². The molecule has 0 aliphatic rings. The Labute approximate surface area is 97.3 Å². The van der Waals surface area contributed by atoms with Crippen LogP contribution >= 0.6 is 12.4 Å². The van der Waals surface area contributed by atoms with E-state index >= 15 is 0 Å². The van der Waals surface area contributed by atoms with Gasteiger partial charge in [-0.05, 0) is 37.6 Å². The van der Waals surface area contributed by atoms with Crippen LogP contribution in [0.4, 0.5) is 11.4 Å². The molecule has 0 aliphatic carbocycles. The zero-order valence-corrected chi connectivity index (χ0v) is 10.0. The van der Waals surface area contributed by atoms with Crippen molar-refractivity contribution in [3.63, 3.8) is 0 Å². The van der Waals surface area contributed by atoms with Crippen LogP contribution in [0.5, 0.6) is 0 Å². The van der Waals surface area contributed by atoms with Crippen LogP contribution in [0.3, 0.4) is 0 Å². The van der Waals surface area contributed by atoms with Crippen molar-refractivity contribution in [2.45, 2.75) is 13.8 Å². The molecule has 3 nitrogen and oxygen atoms in total. The van der Waals surface area contributed by atoms with Gasteiger partial charge in [-0.25, -0.2) is 0 Å². The van der Waals surface area contributed by atoms with Gasteiger partial charge >= 0.3 is 0 Å². The Morgan fingerprint density at radius 1 is 1.40 bits per heavy atom. The van der Waals surface area contributed by atoms with Gasteiger partial charge in [0.25, 0.3) is 0 Å². The quantitative estimate of drug-likeness (QED) is 0.776. The summed E-state index contributed by atoms with van der Waals surface area (Å²) in [6.07, 6.45) is 0. The number of nitrogen functional groups attached to an aromatic ring is 1. The fraction of sp³-hybridized carbons (Fsp3) is 0.455. The number of benzene rings is 1. The third-order valence-corrected chi connectivity index (χ3v) is 2.37. The Bertz CT molecular complexity index is 305. The summed E-state index contributed by atoms with van der Waals surface area (Å²) in [6, 6.07) is 5.95. The molecule has 0 spiro atoms. The van der Waals surface area contributed by atoms with Gasteiger partial charge in [0.05, 0.1) is 6.61 Å². The molecule has 0 saturated carbocycles. The van der Waals surface area contributed by atoms with E-state index in [1.54, 1.807) is 0 Å². The number of halogens is 1. The Balaban J connectivity index is 0.00000196. The second-order valence-corrected chi connectivity index (χ2v) is 3.34. The average molecular weight is 231 g/mol. The minimum Gasteiger partial charge on any atom is -0.399 e. The fourth-order valence-corrected chi connectivity index (χ4v) is 1.45. The number of hydrogen-bond acceptors (Lipinski definition) is 3. The predicted molar refractivity (Wildman–Crippen MR) is 67.8 cm³/mol. The molecule has 3 N–H and O–H groups in total. The number of nitrogens with two attached hydrogens (primary N) is 1. The second-order valence-electron chi connectivity index (χ2n) is 3.34. The highest BCUT2D eigenvalue weighted by Gasteiger charge is 2.04. The highest BCUT2D eigenvalue weighted by atomic mass is 35.5. The van der Waals surface area contributed by atoms with Crippen molar-refractivity contribution in [3.8, 4) is 0 Å². The van der Waals surface area contributed by atoms with Gasteiger partial charge in [-0.15, -0.1) is 12.4 Å². The molecule has 0 atom stereocenters. The van der Waals surface area contributed by atoms with Crippen molar-refractivity contribution >= 4 is 23.8 Å². The van der Waals surface area contributed by atoms with Gasteiger partial charge in [0, 0.05) is 24.5 Å². The molecule has 0 saturated heterocycles. The van der Waals surface area contributed by atoms with Crippen molar-refractivity contribution in [1.82, 2.24) is 0 Å². The van der Waals surface area contributed by atoms with Crippen LogP contribution in [-0.4, -0.2) is 24.8 Å². The van der Waals surface area contributed by atoms with Gasteiger partial charge < -0.3 is 15.7 Å². The molecule has 1 aromatic carbocycles. The molecule has 1 aromatic rings. The molecule has 0 unspecified atom stereocenters. The standard InChI is InChI=1S/C11H18N2O.ClH/c1-3-13(6-7-14)10-4-5-11(12)9(2)8-10;/h4-5,8,14H,3,6-7,12H2,1-2H3;1H. The van der Waals surface area contributed by atoms with Gasteiger partial charge in [-0.3, -0.25) is 0 Å². The van der Waals surface area contributed by atoms with E-state index in [1.165, 1.54) is 0 Å². The summed E-state index contributed by atoms with van der Waals surface area (Å²) in [5, 5.41) is 8.89. The summed E-state index contributed by atoms with van der Waals surface area (Å²) < 4.78 is 0. The molecule has 0 aliphatic heterocycles. The van der Waals surface area contributed by atoms with E-state index < -0.39 is 0 Å². The number of aryl methyl sites for hydroxylation is 1. The molecule has 0 radical (unpaired) electrons. The summed E-state index contributed by atoms with van der Waals surface area (Å²) >= 11 is 0. The highest BCUT2D eigenvalue weighted by Crippen LogP contribution is 2.19. The topological polar surface area (TPSA) is 49.5 Å². The molecule has 0 amide bonds. The predicted octanol–water partition coefficient (Wildman–Crippen LogP) is 1.82. The van der Waals surface area contributed by atoms with E-state index in [2.05, 4.69) is 17.9 Å². The first kappa shape index (κ1) is 14.1. The van der Waals surface area contributed by atoms with Crippen molar-refractivity contribution in [1.29, 1.82) is 0 Å². The first-order valence-electron chi connectivity index (χ1n) is 4.91. The summed E-state index contributed by atoms with van der Waals surface area (Å²) in [4.78, 5) is 2.12. The van der Waals surface area contributed by atoms with Crippen LogP contribution in [0.15, 0.2) is 18.2 Å². The van der Waals surface area contributed by atoms with Crippen LogP contribution in [0.25, 0.3) is 0 Å². The van der Waals surface area contributed by atoms with Crippen LogP contribution in [0.1, 0.15) is 12.5 Å². The third-order valence-electron chi connectivity index (χ3n) is 2.37. The lowest BCUT2D eigenvalue weighted by Gasteiger charge is -2.22. The number of anilines is 2. The van der Waals surface area contributed by atoms with Crippen molar-refractivity contribution in [2.75, 3.05) is 30.3 Å². The number of aliphatic hydroxyl groups is 1. The van der Waals surface area contributed by atoms with Gasteiger partial charge in [0.2, 0.25) is 0 Å². The van der Waals surface area contributed by atoms with E-state index in [9.17, 15) is 0 Å². The van der Waals surface area contributed by atoms with E-state index in [4.69, 9.17) is 10.8 Å². The molecule has 0 bridgehead atoms. The number of nitrogens with zero attached hydrogens (tertiary/aromatic N) is 1. The largest absolute Gasteiger partial charge is 0.399 e. The molecule has 4 heteroatoms. The zero-order valence-electron chi connectivity index (χ0n) is 9.23. The Morgan fingerprint density at radius 2 is 2.07 bits per heavy atom. The lowest BCUT2D eigenvalue weighted by Crippen LogP contribution is -2.26. The SMILES string of the molecule is CCN(CCO)c1ccc(N)c(C)c1.Cl. The molecular weight excluding hydrogens is 212 g/mol. The second kappa shape index (κ2) is 6.53. The summed E-state index contributed by atoms with van der Waals surface area (Å²) in [6.45, 7) is 5.80. The van der Waals surface area contributed by atoms with E-state index in [0.29, 0.717) is 6.54 Å². The Hall–Kier alpha value is -0.930. The molecule has 0 fully saturated rings.